The van der Waals surface area contributed by atoms with Crippen molar-refractivity contribution in [3.8, 4) is 0 Å². The summed E-state index contributed by atoms with van der Waals surface area (Å²) in [5.41, 5.74) is 0.422. The lowest BCUT2D eigenvalue weighted by Crippen LogP contribution is -2.51. The zero-order valence-corrected chi connectivity index (χ0v) is 17.3. The molecule has 12 heteroatoms. The summed E-state index contributed by atoms with van der Waals surface area (Å²) in [6.45, 7) is -0.315. The highest BCUT2D eigenvalue weighted by molar-refractivity contribution is 7.93. The molecular formula is C19H22F6N2O3S. The third kappa shape index (κ3) is 8.08. The Morgan fingerprint density at radius 1 is 1.19 bits per heavy atom. The molecule has 1 saturated heterocycles. The van der Waals surface area contributed by atoms with Crippen LogP contribution in [0.3, 0.4) is 0 Å². The number of likely N-dealkylation sites (tertiary alicyclic amines) is 1. The van der Waals surface area contributed by atoms with Crippen LogP contribution in [-0.2, 0) is 9.84 Å². The maximum Gasteiger partial charge on any atom is 0.391 e. The number of nitrogens with one attached hydrogen (secondary N) is 1. The van der Waals surface area contributed by atoms with Crippen molar-refractivity contribution in [2.75, 3.05) is 12.8 Å². The Hall–Kier alpha value is -2.24. The number of rotatable bonds is 5. The fourth-order valence-electron chi connectivity index (χ4n) is 3.39. The molecule has 1 aromatic carbocycles. The molecular weight excluding hydrogens is 450 g/mol. The summed E-state index contributed by atoms with van der Waals surface area (Å²) in [7, 11) is -3.75. The van der Waals surface area contributed by atoms with Gasteiger partial charge in [-0.3, -0.25) is 0 Å². The van der Waals surface area contributed by atoms with Crippen molar-refractivity contribution in [2.24, 2.45) is 5.92 Å². The second-order valence-electron chi connectivity index (χ2n) is 7.42. The Balaban J connectivity index is 2.27. The normalized spacial score (nSPS) is 21.8. The molecule has 3 atom stereocenters. The summed E-state index contributed by atoms with van der Waals surface area (Å²) in [6.07, 6.45) is -10.0. The van der Waals surface area contributed by atoms with E-state index in [9.17, 15) is 39.6 Å². The van der Waals surface area contributed by atoms with Gasteiger partial charge in [-0.25, -0.2) is 13.2 Å². The molecule has 0 aliphatic carbocycles. The lowest BCUT2D eigenvalue weighted by Gasteiger charge is -2.40. The number of alkyl halides is 6. The molecule has 0 saturated carbocycles. The van der Waals surface area contributed by atoms with E-state index in [0.29, 0.717) is 17.0 Å². The smallest absolute Gasteiger partial charge is 0.331 e. The van der Waals surface area contributed by atoms with Crippen molar-refractivity contribution in [2.45, 2.75) is 43.7 Å². The summed E-state index contributed by atoms with van der Waals surface area (Å²) in [5, 5.41) is 2.65. The highest BCUT2D eigenvalue weighted by atomic mass is 32.2. The first-order valence-electron chi connectivity index (χ1n) is 9.29. The van der Waals surface area contributed by atoms with Crippen molar-refractivity contribution < 1.29 is 39.6 Å². The van der Waals surface area contributed by atoms with Gasteiger partial charge in [0, 0.05) is 18.2 Å². The first-order chi connectivity index (χ1) is 14.2. The van der Waals surface area contributed by atoms with Crippen LogP contribution in [-0.4, -0.2) is 50.5 Å². The number of piperidine rings is 1. The van der Waals surface area contributed by atoms with Gasteiger partial charge >= 0.3 is 18.4 Å². The third-order valence-corrected chi connectivity index (χ3v) is 5.48. The largest absolute Gasteiger partial charge is 0.391 e. The maximum atomic E-state index is 13.3. The zero-order chi connectivity index (χ0) is 23.4. The molecule has 1 N–H and O–H groups in total. The number of carbonyl (C=O) groups is 1. The van der Waals surface area contributed by atoms with Gasteiger partial charge in [-0.2, -0.15) is 26.3 Å². The predicted molar refractivity (Wildman–Crippen MR) is 102 cm³/mol. The number of benzene rings is 1. The number of halogens is 6. The van der Waals surface area contributed by atoms with E-state index in [4.69, 9.17) is 0 Å². The maximum absolute atomic E-state index is 13.3. The standard InChI is InChI=1S/C19H22F6N2O3S/c1-31(29,30)10-8-15(12-18(20,21)22)26-17(28)27-9-7-14(19(23,24)25)11-16(27)13-5-3-2-4-6-13/h2-6,8,10,14-16H,7,9,11-12H2,1H3,(H,26,28)/b10-8+/t14-,15-,16+/m0/s1. The first kappa shape index (κ1) is 25.0. The van der Waals surface area contributed by atoms with E-state index >= 15 is 0 Å². The van der Waals surface area contributed by atoms with Crippen LogP contribution in [0.1, 0.15) is 30.9 Å². The van der Waals surface area contributed by atoms with E-state index in [1.54, 1.807) is 30.3 Å². The Bertz CT molecular complexity index is 884. The van der Waals surface area contributed by atoms with Crippen molar-refractivity contribution in [1.82, 2.24) is 10.2 Å². The van der Waals surface area contributed by atoms with Crippen LogP contribution >= 0.6 is 0 Å². The van der Waals surface area contributed by atoms with E-state index in [-0.39, 0.29) is 13.0 Å². The monoisotopic (exact) mass is 472 g/mol. The molecule has 5 nitrogen and oxygen atoms in total. The van der Waals surface area contributed by atoms with Gasteiger partial charge in [-0.15, -0.1) is 0 Å². The molecule has 1 heterocycles. The number of carbonyl (C=O) groups excluding carboxylic acids is 1. The number of sulfone groups is 1. The Morgan fingerprint density at radius 2 is 1.81 bits per heavy atom. The van der Waals surface area contributed by atoms with E-state index in [1.807, 2.05) is 0 Å². The molecule has 1 aromatic rings. The fourth-order valence-corrected chi connectivity index (χ4v) is 3.87. The topological polar surface area (TPSA) is 66.5 Å². The lowest BCUT2D eigenvalue weighted by molar-refractivity contribution is -0.188. The zero-order valence-electron chi connectivity index (χ0n) is 16.4. The number of hydrogen-bond acceptors (Lipinski definition) is 3. The van der Waals surface area contributed by atoms with Crippen LogP contribution in [0, 0.1) is 5.92 Å². The number of nitrogens with zero attached hydrogens (tertiary/aromatic N) is 1. The molecule has 1 aliphatic heterocycles. The van der Waals surface area contributed by atoms with Gasteiger partial charge in [0.05, 0.1) is 24.4 Å². The Labute approximate surface area is 176 Å². The van der Waals surface area contributed by atoms with Crippen LogP contribution in [0.25, 0.3) is 0 Å². The molecule has 2 amide bonds. The molecule has 0 bridgehead atoms. The van der Waals surface area contributed by atoms with Crippen LogP contribution < -0.4 is 5.32 Å². The van der Waals surface area contributed by atoms with Gasteiger partial charge in [-0.05, 0) is 18.4 Å². The average molecular weight is 472 g/mol. The molecule has 0 radical (unpaired) electrons. The van der Waals surface area contributed by atoms with E-state index < -0.39 is 59.1 Å². The minimum Gasteiger partial charge on any atom is -0.331 e. The second kappa shape index (κ2) is 9.49. The fraction of sp³-hybridized carbons (Fsp3) is 0.526. The van der Waals surface area contributed by atoms with Crippen molar-refractivity contribution in [3.63, 3.8) is 0 Å². The molecule has 2 rings (SSSR count). The third-order valence-electron chi connectivity index (χ3n) is 4.83. The van der Waals surface area contributed by atoms with Gasteiger partial charge in [0.1, 0.15) is 0 Å². The minimum atomic E-state index is -4.71. The van der Waals surface area contributed by atoms with E-state index in [1.165, 1.54) is 0 Å². The summed E-state index contributed by atoms with van der Waals surface area (Å²) >= 11 is 0. The molecule has 1 aliphatic rings. The molecule has 0 unspecified atom stereocenters. The summed E-state index contributed by atoms with van der Waals surface area (Å²) in [4.78, 5) is 13.8. The highest BCUT2D eigenvalue weighted by Crippen LogP contribution is 2.42. The van der Waals surface area contributed by atoms with Crippen LogP contribution in [0.2, 0.25) is 0 Å². The number of urea groups is 1. The second-order valence-corrected chi connectivity index (χ2v) is 9.35. The van der Waals surface area contributed by atoms with Crippen molar-refractivity contribution in [3.05, 3.63) is 47.4 Å². The van der Waals surface area contributed by atoms with Gasteiger partial charge in [0.25, 0.3) is 0 Å². The van der Waals surface area contributed by atoms with Gasteiger partial charge in [0.2, 0.25) is 0 Å². The van der Waals surface area contributed by atoms with Gasteiger partial charge in [0.15, 0.2) is 9.84 Å². The lowest BCUT2D eigenvalue weighted by atomic mass is 9.87. The van der Waals surface area contributed by atoms with Crippen LogP contribution in [0.15, 0.2) is 41.8 Å². The Kier molecular flexibility index (Phi) is 7.66. The highest BCUT2D eigenvalue weighted by Gasteiger charge is 2.46. The van der Waals surface area contributed by atoms with Gasteiger partial charge < -0.3 is 10.2 Å². The van der Waals surface area contributed by atoms with Crippen molar-refractivity contribution in [1.29, 1.82) is 0 Å². The molecule has 0 spiro atoms. The quantitative estimate of drug-likeness (QED) is 0.638. The SMILES string of the molecule is CS(=O)(=O)/C=C/[C@@H](CC(F)(F)F)NC(=O)N1CC[C@H](C(F)(F)F)C[C@@H]1c1ccccc1. The molecule has 0 aromatic heterocycles. The van der Waals surface area contributed by atoms with Crippen LogP contribution in [0.4, 0.5) is 31.1 Å². The average Bonchev–Trinajstić information content (AvgIpc) is 2.64. The molecule has 1 fully saturated rings. The molecule has 31 heavy (non-hydrogen) atoms. The molecule has 174 valence electrons. The number of hydrogen-bond donors (Lipinski definition) is 1. The Morgan fingerprint density at radius 3 is 2.32 bits per heavy atom. The number of amides is 2. The summed E-state index contributed by atoms with van der Waals surface area (Å²) in [6, 6.07) is 4.22. The summed E-state index contributed by atoms with van der Waals surface area (Å²) < 4.78 is 101. The van der Waals surface area contributed by atoms with E-state index in [2.05, 4.69) is 5.32 Å². The van der Waals surface area contributed by atoms with Crippen molar-refractivity contribution >= 4 is 15.9 Å². The van der Waals surface area contributed by atoms with E-state index in [0.717, 1.165) is 11.2 Å². The van der Waals surface area contributed by atoms with Crippen LogP contribution in [0.5, 0.6) is 0 Å². The minimum absolute atomic E-state index is 0.315. The first-order valence-corrected chi connectivity index (χ1v) is 11.2. The predicted octanol–water partition coefficient (Wildman–Crippen LogP) is 4.59. The summed E-state index contributed by atoms with van der Waals surface area (Å²) in [5.74, 6) is -1.65. The van der Waals surface area contributed by atoms with Gasteiger partial charge in [-0.1, -0.05) is 36.4 Å².